The van der Waals surface area contributed by atoms with Crippen molar-refractivity contribution in [3.05, 3.63) is 0 Å². The van der Waals surface area contributed by atoms with Crippen LogP contribution in [0.15, 0.2) is 0 Å². The van der Waals surface area contributed by atoms with Gasteiger partial charge in [0.2, 0.25) is 0 Å². The van der Waals surface area contributed by atoms with Gasteiger partial charge in [0, 0.05) is 48.5 Å². The van der Waals surface area contributed by atoms with Gasteiger partial charge in [-0.1, -0.05) is 20.8 Å². The van der Waals surface area contributed by atoms with E-state index >= 15 is 0 Å². The fourth-order valence-corrected chi connectivity index (χ4v) is 2.85. The molecular weight excluding hydrogens is 220 g/mol. The Morgan fingerprint density at radius 2 is 1.81 bits per heavy atom. The number of hydrogen-bond donors (Lipinski definition) is 1. The predicted molar refractivity (Wildman–Crippen MR) is 71.3 cm³/mol. The quantitative estimate of drug-likeness (QED) is 0.737. The van der Waals surface area contributed by atoms with Crippen molar-refractivity contribution in [3.63, 3.8) is 0 Å². The molecule has 96 valence electrons. The van der Waals surface area contributed by atoms with E-state index in [0.717, 1.165) is 44.2 Å². The van der Waals surface area contributed by atoms with Gasteiger partial charge < -0.3 is 10.2 Å². The van der Waals surface area contributed by atoms with Gasteiger partial charge in [-0.2, -0.15) is 0 Å². The second kappa shape index (κ2) is 6.72. The summed E-state index contributed by atoms with van der Waals surface area (Å²) in [6.07, 6.45) is 1.22. The summed E-state index contributed by atoms with van der Waals surface area (Å²) in [5, 5.41) is 3.48. The highest BCUT2D eigenvalue weighted by molar-refractivity contribution is 7.85. The van der Waals surface area contributed by atoms with E-state index in [2.05, 4.69) is 31.0 Å². The van der Waals surface area contributed by atoms with Crippen LogP contribution in [0, 0.1) is 5.41 Å². The molecule has 0 amide bonds. The minimum atomic E-state index is -0.544. The number of nitrogens with zero attached hydrogens (tertiary/aromatic N) is 1. The van der Waals surface area contributed by atoms with Crippen LogP contribution < -0.4 is 5.32 Å². The third-order valence-electron chi connectivity index (χ3n) is 2.93. The van der Waals surface area contributed by atoms with Crippen LogP contribution in [-0.4, -0.2) is 53.3 Å². The molecule has 16 heavy (non-hydrogen) atoms. The molecule has 1 aliphatic rings. The molecule has 1 fully saturated rings. The minimum absolute atomic E-state index is 0.426. The molecular formula is C12H26N2OS. The number of rotatable bonds is 5. The largest absolute Gasteiger partial charge is 0.315 e. The van der Waals surface area contributed by atoms with E-state index in [0.29, 0.717) is 5.41 Å². The molecule has 0 aromatic heterocycles. The van der Waals surface area contributed by atoms with Crippen LogP contribution in [0.1, 0.15) is 27.2 Å². The van der Waals surface area contributed by atoms with Crippen LogP contribution in [-0.2, 0) is 10.8 Å². The van der Waals surface area contributed by atoms with Gasteiger partial charge in [0.05, 0.1) is 0 Å². The molecule has 0 radical (unpaired) electrons. The third kappa shape index (κ3) is 6.61. The van der Waals surface area contributed by atoms with Crippen molar-refractivity contribution in [3.8, 4) is 0 Å². The van der Waals surface area contributed by atoms with Crippen molar-refractivity contribution in [2.75, 3.05) is 44.2 Å². The molecule has 3 nitrogen and oxygen atoms in total. The first kappa shape index (κ1) is 14.1. The molecule has 1 N–H and O–H groups in total. The molecule has 0 bridgehead atoms. The fourth-order valence-electron chi connectivity index (χ4n) is 1.72. The lowest BCUT2D eigenvalue weighted by molar-refractivity contribution is 0.292. The molecule has 1 aliphatic heterocycles. The molecule has 0 aromatic carbocycles. The highest BCUT2D eigenvalue weighted by Crippen LogP contribution is 2.16. The number of hydrogen-bond acceptors (Lipinski definition) is 3. The van der Waals surface area contributed by atoms with Gasteiger partial charge in [-0.05, 0) is 18.4 Å². The third-order valence-corrected chi connectivity index (χ3v) is 4.20. The summed E-state index contributed by atoms with van der Waals surface area (Å²) in [7, 11) is -0.544. The van der Waals surface area contributed by atoms with E-state index in [4.69, 9.17) is 0 Å². The second-order valence-corrected chi connectivity index (χ2v) is 7.45. The van der Waals surface area contributed by atoms with Gasteiger partial charge in [-0.25, -0.2) is 0 Å². The van der Waals surface area contributed by atoms with E-state index in [-0.39, 0.29) is 0 Å². The summed E-state index contributed by atoms with van der Waals surface area (Å²) in [6.45, 7) is 12.1. The van der Waals surface area contributed by atoms with E-state index in [9.17, 15) is 4.21 Å². The van der Waals surface area contributed by atoms with Crippen molar-refractivity contribution < 1.29 is 4.21 Å². The zero-order chi connectivity index (χ0) is 12.0. The van der Waals surface area contributed by atoms with E-state index < -0.39 is 10.8 Å². The summed E-state index contributed by atoms with van der Waals surface area (Å²) >= 11 is 0. The van der Waals surface area contributed by atoms with Gasteiger partial charge in [-0.15, -0.1) is 0 Å². The first-order chi connectivity index (χ1) is 7.47. The van der Waals surface area contributed by atoms with Crippen LogP contribution in [0.2, 0.25) is 0 Å². The second-order valence-electron chi connectivity index (χ2n) is 5.75. The highest BCUT2D eigenvalue weighted by Gasteiger charge is 2.14. The van der Waals surface area contributed by atoms with Gasteiger partial charge in [0.25, 0.3) is 0 Å². The topological polar surface area (TPSA) is 32.3 Å². The van der Waals surface area contributed by atoms with Crippen molar-refractivity contribution in [2.24, 2.45) is 5.41 Å². The van der Waals surface area contributed by atoms with Gasteiger partial charge in [0.15, 0.2) is 0 Å². The zero-order valence-corrected chi connectivity index (χ0v) is 11.7. The van der Waals surface area contributed by atoms with Crippen molar-refractivity contribution in [1.29, 1.82) is 0 Å². The Morgan fingerprint density at radius 3 is 2.38 bits per heavy atom. The first-order valence-corrected chi connectivity index (χ1v) is 7.74. The molecule has 0 aromatic rings. The smallest absolute Gasteiger partial charge is 0.0363 e. The summed E-state index contributed by atoms with van der Waals surface area (Å²) in [5.74, 6) is 1.73. The lowest BCUT2D eigenvalue weighted by Crippen LogP contribution is -2.41. The summed E-state index contributed by atoms with van der Waals surface area (Å²) in [6, 6.07) is 0. The average molecular weight is 246 g/mol. The maximum atomic E-state index is 11.2. The maximum absolute atomic E-state index is 11.2. The molecule has 0 unspecified atom stereocenters. The molecule has 1 saturated heterocycles. The van der Waals surface area contributed by atoms with Gasteiger partial charge in [0.1, 0.15) is 0 Å². The van der Waals surface area contributed by atoms with Crippen molar-refractivity contribution >= 4 is 10.8 Å². The minimum Gasteiger partial charge on any atom is -0.315 e. The summed E-state index contributed by atoms with van der Waals surface area (Å²) < 4.78 is 11.2. The fraction of sp³-hybridized carbons (Fsp3) is 1.00. The Labute approximate surface area is 102 Å². The molecule has 4 heteroatoms. The Balaban J connectivity index is 1.97. The molecule has 1 heterocycles. The monoisotopic (exact) mass is 246 g/mol. The Bertz CT molecular complexity index is 216. The van der Waals surface area contributed by atoms with Gasteiger partial charge >= 0.3 is 0 Å². The Hall–Kier alpha value is 0.0700. The standard InChI is InChI=1S/C12H26N2OS/c1-12(2,3)4-5-13-6-7-14-8-10-16(15)11-9-14/h13H,4-11H2,1-3H3. The molecule has 1 rings (SSSR count). The van der Waals surface area contributed by atoms with E-state index in [1.54, 1.807) is 0 Å². The molecule has 0 atom stereocenters. The zero-order valence-electron chi connectivity index (χ0n) is 10.9. The lowest BCUT2D eigenvalue weighted by atomic mass is 9.92. The van der Waals surface area contributed by atoms with Gasteiger partial charge in [-0.3, -0.25) is 4.21 Å². The average Bonchev–Trinajstić information content (AvgIpc) is 2.19. The first-order valence-electron chi connectivity index (χ1n) is 6.25. The van der Waals surface area contributed by atoms with E-state index in [1.165, 1.54) is 6.42 Å². The van der Waals surface area contributed by atoms with Crippen molar-refractivity contribution in [1.82, 2.24) is 10.2 Å². The summed E-state index contributed by atoms with van der Waals surface area (Å²) in [4.78, 5) is 2.41. The van der Waals surface area contributed by atoms with Crippen LogP contribution in [0.5, 0.6) is 0 Å². The normalized spacial score (nSPS) is 20.2. The SMILES string of the molecule is CC(C)(C)CCNCCN1CCS(=O)CC1. The van der Waals surface area contributed by atoms with Crippen LogP contribution >= 0.6 is 0 Å². The van der Waals surface area contributed by atoms with Crippen molar-refractivity contribution in [2.45, 2.75) is 27.2 Å². The van der Waals surface area contributed by atoms with Crippen LogP contribution in [0.4, 0.5) is 0 Å². The number of nitrogens with one attached hydrogen (secondary N) is 1. The van der Waals surface area contributed by atoms with Crippen LogP contribution in [0.25, 0.3) is 0 Å². The Kier molecular flexibility index (Phi) is 5.94. The Morgan fingerprint density at radius 1 is 1.19 bits per heavy atom. The lowest BCUT2D eigenvalue weighted by Gasteiger charge is -2.26. The maximum Gasteiger partial charge on any atom is 0.0363 e. The van der Waals surface area contributed by atoms with E-state index in [1.807, 2.05) is 0 Å². The molecule has 0 aliphatic carbocycles. The predicted octanol–water partition coefficient (Wildman–Crippen LogP) is 1.08. The molecule has 0 spiro atoms. The van der Waals surface area contributed by atoms with Crippen LogP contribution in [0.3, 0.4) is 0 Å². The summed E-state index contributed by atoms with van der Waals surface area (Å²) in [5.41, 5.74) is 0.426. The molecule has 0 saturated carbocycles. The highest BCUT2D eigenvalue weighted by atomic mass is 32.2.